The average Bonchev–Trinajstić information content (AvgIpc) is 3.34. The molecule has 0 bridgehead atoms. The van der Waals surface area contributed by atoms with E-state index in [1.807, 2.05) is 40.2 Å². The molecule has 2 heterocycles. The Kier molecular flexibility index (Phi) is 5.92. The molecule has 2 aromatic heterocycles. The van der Waals surface area contributed by atoms with Gasteiger partial charge in [0.1, 0.15) is 0 Å². The molecule has 1 N–H and O–H groups in total. The maximum atomic E-state index is 12.4. The molecule has 0 saturated heterocycles. The molecule has 0 radical (unpaired) electrons. The number of halogens is 1. The van der Waals surface area contributed by atoms with Gasteiger partial charge in [-0.2, -0.15) is 0 Å². The van der Waals surface area contributed by atoms with Gasteiger partial charge in [0.15, 0.2) is 16.5 Å². The molecule has 8 heteroatoms. The first-order valence-corrected chi connectivity index (χ1v) is 10.6. The second-order valence-corrected chi connectivity index (χ2v) is 7.90. The Balaban J connectivity index is 1.43. The van der Waals surface area contributed by atoms with E-state index in [-0.39, 0.29) is 5.91 Å². The molecule has 4 aromatic rings. The predicted molar refractivity (Wildman–Crippen MR) is 120 cm³/mol. The summed E-state index contributed by atoms with van der Waals surface area (Å²) in [5, 5.41) is 5.64. The largest absolute Gasteiger partial charge is 0.493 e. The van der Waals surface area contributed by atoms with Crippen molar-refractivity contribution in [1.29, 1.82) is 0 Å². The Labute approximate surface area is 183 Å². The quantitative estimate of drug-likeness (QED) is 0.422. The van der Waals surface area contributed by atoms with Crippen molar-refractivity contribution >= 4 is 39.5 Å². The third kappa shape index (κ3) is 4.27. The van der Waals surface area contributed by atoms with Gasteiger partial charge in [-0.05, 0) is 30.7 Å². The molecule has 0 aliphatic carbocycles. The van der Waals surface area contributed by atoms with Gasteiger partial charge in [-0.25, -0.2) is 4.98 Å². The zero-order valence-electron chi connectivity index (χ0n) is 16.5. The van der Waals surface area contributed by atoms with E-state index in [9.17, 15) is 4.79 Å². The highest BCUT2D eigenvalue weighted by atomic mass is 35.5. The summed E-state index contributed by atoms with van der Waals surface area (Å²) in [5.74, 6) is 1.12. The van der Waals surface area contributed by atoms with Gasteiger partial charge in [0.05, 0.1) is 19.9 Å². The Hall–Kier alpha value is -3.03. The van der Waals surface area contributed by atoms with Crippen LogP contribution in [0, 0.1) is 0 Å². The van der Waals surface area contributed by atoms with Crippen molar-refractivity contribution in [2.45, 2.75) is 12.8 Å². The number of carbonyl (C=O) groups is 1. The van der Waals surface area contributed by atoms with Crippen LogP contribution in [0.4, 0.5) is 5.69 Å². The van der Waals surface area contributed by atoms with Gasteiger partial charge in [0.2, 0.25) is 5.91 Å². The van der Waals surface area contributed by atoms with Crippen molar-refractivity contribution in [2.75, 3.05) is 19.5 Å². The minimum absolute atomic E-state index is 0.0698. The summed E-state index contributed by atoms with van der Waals surface area (Å²) in [4.78, 5) is 18.0. The average molecular weight is 442 g/mol. The van der Waals surface area contributed by atoms with Crippen molar-refractivity contribution < 1.29 is 14.3 Å². The second-order valence-electron chi connectivity index (χ2n) is 6.63. The monoisotopic (exact) mass is 441 g/mol. The highest BCUT2D eigenvalue weighted by molar-refractivity contribution is 7.15. The number of nitrogens with zero attached hydrogens (tertiary/aromatic N) is 2. The standard InChI is InChI=1S/C22H20ClN3O3S/c1-28-19-9-7-16(11-20(19)29-2)24-21(27)10-8-17-13-30-22-25-18(12-26(17)22)14-3-5-15(23)6-4-14/h3-7,9,11-13H,8,10H2,1-2H3,(H,24,27). The van der Waals surface area contributed by atoms with E-state index < -0.39 is 0 Å². The van der Waals surface area contributed by atoms with Crippen molar-refractivity contribution in [1.82, 2.24) is 9.38 Å². The Morgan fingerprint density at radius 1 is 1.13 bits per heavy atom. The van der Waals surface area contributed by atoms with Crippen LogP contribution in [-0.4, -0.2) is 29.5 Å². The number of methoxy groups -OCH3 is 2. The first kappa shape index (κ1) is 20.3. The van der Waals surface area contributed by atoms with E-state index in [0.29, 0.717) is 35.1 Å². The maximum Gasteiger partial charge on any atom is 0.224 e. The van der Waals surface area contributed by atoms with Crippen LogP contribution in [0.1, 0.15) is 12.1 Å². The summed E-state index contributed by atoms with van der Waals surface area (Å²) in [6, 6.07) is 12.9. The van der Waals surface area contributed by atoms with E-state index in [1.165, 1.54) is 0 Å². The van der Waals surface area contributed by atoms with E-state index >= 15 is 0 Å². The van der Waals surface area contributed by atoms with Crippen LogP contribution in [0.2, 0.25) is 5.02 Å². The van der Waals surface area contributed by atoms with Gasteiger partial charge in [-0.3, -0.25) is 9.20 Å². The first-order valence-electron chi connectivity index (χ1n) is 9.30. The molecule has 0 saturated carbocycles. The maximum absolute atomic E-state index is 12.4. The van der Waals surface area contributed by atoms with Crippen molar-refractivity contribution in [2.24, 2.45) is 0 Å². The molecule has 2 aromatic carbocycles. The lowest BCUT2D eigenvalue weighted by Gasteiger charge is -2.10. The van der Waals surface area contributed by atoms with Crippen LogP contribution in [-0.2, 0) is 11.2 Å². The van der Waals surface area contributed by atoms with Gasteiger partial charge in [0.25, 0.3) is 0 Å². The second kappa shape index (κ2) is 8.77. The molecule has 0 aliphatic rings. The van der Waals surface area contributed by atoms with Crippen LogP contribution in [0.25, 0.3) is 16.2 Å². The Morgan fingerprint density at radius 3 is 2.63 bits per heavy atom. The smallest absolute Gasteiger partial charge is 0.224 e. The van der Waals surface area contributed by atoms with E-state index in [1.54, 1.807) is 43.8 Å². The fourth-order valence-electron chi connectivity index (χ4n) is 3.15. The molecule has 0 spiro atoms. The van der Waals surface area contributed by atoms with Crippen LogP contribution >= 0.6 is 22.9 Å². The van der Waals surface area contributed by atoms with Gasteiger partial charge in [0, 0.05) is 46.0 Å². The number of aromatic nitrogens is 2. The first-order chi connectivity index (χ1) is 14.6. The summed E-state index contributed by atoms with van der Waals surface area (Å²) >= 11 is 7.53. The molecule has 4 rings (SSSR count). The zero-order chi connectivity index (χ0) is 21.1. The number of fused-ring (bicyclic) bond motifs is 1. The summed E-state index contributed by atoms with van der Waals surface area (Å²) in [6.45, 7) is 0. The number of benzene rings is 2. The van der Waals surface area contributed by atoms with E-state index in [4.69, 9.17) is 21.1 Å². The molecule has 6 nitrogen and oxygen atoms in total. The topological polar surface area (TPSA) is 64.9 Å². The summed E-state index contributed by atoms with van der Waals surface area (Å²) in [7, 11) is 3.14. The van der Waals surface area contributed by atoms with Crippen molar-refractivity contribution in [3.05, 3.63) is 64.8 Å². The highest BCUT2D eigenvalue weighted by Crippen LogP contribution is 2.30. The summed E-state index contributed by atoms with van der Waals surface area (Å²) in [5.41, 5.74) is 3.60. The SMILES string of the molecule is COc1ccc(NC(=O)CCc2csc3nc(-c4ccc(Cl)cc4)cn23)cc1OC. The van der Waals surface area contributed by atoms with Gasteiger partial charge < -0.3 is 14.8 Å². The van der Waals surface area contributed by atoms with Gasteiger partial charge in [-0.15, -0.1) is 11.3 Å². The molecule has 0 fully saturated rings. The molecule has 154 valence electrons. The fraction of sp³-hybridized carbons (Fsp3) is 0.182. The molecule has 0 aliphatic heterocycles. The van der Waals surface area contributed by atoms with Crippen LogP contribution < -0.4 is 14.8 Å². The van der Waals surface area contributed by atoms with E-state index in [0.717, 1.165) is 21.9 Å². The highest BCUT2D eigenvalue weighted by Gasteiger charge is 2.12. The van der Waals surface area contributed by atoms with E-state index in [2.05, 4.69) is 10.3 Å². The molecular weight excluding hydrogens is 422 g/mol. The number of hydrogen-bond donors (Lipinski definition) is 1. The number of aryl methyl sites for hydroxylation is 1. The number of carbonyl (C=O) groups excluding carboxylic acids is 1. The molecule has 0 unspecified atom stereocenters. The molecular formula is C22H20ClN3O3S. The molecule has 0 atom stereocenters. The minimum atomic E-state index is -0.0698. The number of imidazole rings is 1. The van der Waals surface area contributed by atoms with Crippen LogP contribution in [0.3, 0.4) is 0 Å². The number of anilines is 1. The number of nitrogens with one attached hydrogen (secondary N) is 1. The number of hydrogen-bond acceptors (Lipinski definition) is 5. The predicted octanol–water partition coefficient (Wildman–Crippen LogP) is 5.30. The lowest BCUT2D eigenvalue weighted by molar-refractivity contribution is -0.116. The summed E-state index contributed by atoms with van der Waals surface area (Å²) in [6.07, 6.45) is 2.96. The van der Waals surface area contributed by atoms with Crippen LogP contribution in [0.15, 0.2) is 54.0 Å². The number of amides is 1. The number of rotatable bonds is 7. The van der Waals surface area contributed by atoms with Crippen molar-refractivity contribution in [3.8, 4) is 22.8 Å². The van der Waals surface area contributed by atoms with Crippen molar-refractivity contribution in [3.63, 3.8) is 0 Å². The molecule has 30 heavy (non-hydrogen) atoms. The third-order valence-electron chi connectivity index (χ3n) is 4.70. The lowest BCUT2D eigenvalue weighted by Crippen LogP contribution is -2.12. The zero-order valence-corrected chi connectivity index (χ0v) is 18.1. The molecule has 1 amide bonds. The van der Waals surface area contributed by atoms with Gasteiger partial charge in [-0.1, -0.05) is 23.7 Å². The van der Waals surface area contributed by atoms with Crippen LogP contribution in [0.5, 0.6) is 11.5 Å². The lowest BCUT2D eigenvalue weighted by atomic mass is 10.2. The van der Waals surface area contributed by atoms with Gasteiger partial charge >= 0.3 is 0 Å². The summed E-state index contributed by atoms with van der Waals surface area (Å²) < 4.78 is 12.5. The number of ether oxygens (including phenoxy) is 2. The number of thiazole rings is 1. The minimum Gasteiger partial charge on any atom is -0.493 e. The normalized spacial score (nSPS) is 10.9. The fourth-order valence-corrected chi connectivity index (χ4v) is 4.18. The Morgan fingerprint density at radius 2 is 1.90 bits per heavy atom. The third-order valence-corrected chi connectivity index (χ3v) is 5.84. The Bertz CT molecular complexity index is 1180.